The van der Waals surface area contributed by atoms with Crippen LogP contribution < -0.4 is 15.6 Å². The SMILES string of the molecule is O=C(Cn1cnc2c(oc3ccccc32)c1=O)Nc1cc(Cl)ccc1Oc1ccccc1. The second-order valence-corrected chi connectivity index (χ2v) is 7.49. The molecule has 0 aliphatic carbocycles. The first-order valence-electron chi connectivity index (χ1n) is 9.77. The van der Waals surface area contributed by atoms with Crippen LogP contribution in [-0.4, -0.2) is 15.5 Å². The predicted octanol–water partition coefficient (Wildman–Crippen LogP) is 5.23. The van der Waals surface area contributed by atoms with Crippen LogP contribution in [0.1, 0.15) is 0 Å². The number of para-hydroxylation sites is 2. The van der Waals surface area contributed by atoms with E-state index in [4.69, 9.17) is 20.8 Å². The fourth-order valence-corrected chi connectivity index (χ4v) is 3.55. The number of rotatable bonds is 5. The number of carbonyl (C=O) groups excluding carboxylic acids is 1. The zero-order chi connectivity index (χ0) is 22.1. The van der Waals surface area contributed by atoms with Crippen LogP contribution in [0, 0.1) is 0 Å². The van der Waals surface area contributed by atoms with Gasteiger partial charge in [0.15, 0.2) is 5.75 Å². The highest BCUT2D eigenvalue weighted by Gasteiger charge is 2.16. The van der Waals surface area contributed by atoms with Crippen molar-refractivity contribution in [2.24, 2.45) is 0 Å². The molecule has 3 aromatic carbocycles. The van der Waals surface area contributed by atoms with Crippen molar-refractivity contribution in [2.45, 2.75) is 6.54 Å². The van der Waals surface area contributed by atoms with Crippen LogP contribution in [0.15, 0.2) is 88.3 Å². The molecule has 7 nitrogen and oxygen atoms in total. The summed E-state index contributed by atoms with van der Waals surface area (Å²) < 4.78 is 12.7. The number of amides is 1. The summed E-state index contributed by atoms with van der Waals surface area (Å²) >= 11 is 6.11. The normalized spacial score (nSPS) is 11.0. The number of aromatic nitrogens is 2. The Morgan fingerprint density at radius 2 is 1.84 bits per heavy atom. The zero-order valence-corrected chi connectivity index (χ0v) is 17.4. The third kappa shape index (κ3) is 3.81. The molecule has 0 saturated carbocycles. The van der Waals surface area contributed by atoms with Crippen LogP contribution in [0.5, 0.6) is 11.5 Å². The number of hydrogen-bond acceptors (Lipinski definition) is 5. The zero-order valence-electron chi connectivity index (χ0n) is 16.6. The Balaban J connectivity index is 1.41. The van der Waals surface area contributed by atoms with E-state index in [1.54, 1.807) is 36.4 Å². The summed E-state index contributed by atoms with van der Waals surface area (Å²) in [6.07, 6.45) is 1.34. The van der Waals surface area contributed by atoms with Crippen molar-refractivity contribution in [1.29, 1.82) is 0 Å². The van der Waals surface area contributed by atoms with E-state index in [2.05, 4.69) is 10.3 Å². The Morgan fingerprint density at radius 3 is 2.69 bits per heavy atom. The fraction of sp³-hybridized carbons (Fsp3) is 0.0417. The van der Waals surface area contributed by atoms with E-state index in [0.717, 1.165) is 5.39 Å². The lowest BCUT2D eigenvalue weighted by molar-refractivity contribution is -0.116. The van der Waals surface area contributed by atoms with Gasteiger partial charge < -0.3 is 14.5 Å². The molecule has 0 aliphatic rings. The van der Waals surface area contributed by atoms with E-state index in [9.17, 15) is 9.59 Å². The van der Waals surface area contributed by atoms with Crippen LogP contribution in [0.3, 0.4) is 0 Å². The van der Waals surface area contributed by atoms with Crippen molar-refractivity contribution >= 4 is 45.3 Å². The molecule has 0 unspecified atom stereocenters. The number of nitrogens with zero attached hydrogens (tertiary/aromatic N) is 2. The number of carbonyl (C=O) groups is 1. The first-order chi connectivity index (χ1) is 15.6. The maximum absolute atomic E-state index is 12.9. The monoisotopic (exact) mass is 445 g/mol. The number of hydrogen-bond donors (Lipinski definition) is 1. The van der Waals surface area contributed by atoms with Crippen LogP contribution in [0.2, 0.25) is 5.02 Å². The summed E-state index contributed by atoms with van der Waals surface area (Å²) in [5.41, 5.74) is 1.09. The molecule has 5 rings (SSSR count). The number of halogens is 1. The molecule has 32 heavy (non-hydrogen) atoms. The lowest BCUT2D eigenvalue weighted by Crippen LogP contribution is -2.27. The lowest BCUT2D eigenvalue weighted by atomic mass is 10.2. The van der Waals surface area contributed by atoms with Crippen LogP contribution in [-0.2, 0) is 11.3 Å². The molecule has 0 bridgehead atoms. The number of nitrogens with one attached hydrogen (secondary N) is 1. The third-order valence-electron chi connectivity index (χ3n) is 4.85. The van der Waals surface area contributed by atoms with Gasteiger partial charge in [-0.3, -0.25) is 14.2 Å². The summed E-state index contributed by atoms with van der Waals surface area (Å²) in [7, 11) is 0. The van der Waals surface area contributed by atoms with Gasteiger partial charge in [0.05, 0.1) is 12.0 Å². The summed E-state index contributed by atoms with van der Waals surface area (Å²) in [5.74, 6) is 0.595. The van der Waals surface area contributed by atoms with Gasteiger partial charge in [0.1, 0.15) is 23.4 Å². The molecule has 5 aromatic rings. The minimum absolute atomic E-state index is 0.109. The largest absolute Gasteiger partial charge is 0.455 e. The second-order valence-electron chi connectivity index (χ2n) is 7.06. The first kappa shape index (κ1) is 19.8. The van der Waals surface area contributed by atoms with E-state index in [1.807, 2.05) is 36.4 Å². The van der Waals surface area contributed by atoms with Gasteiger partial charge in [-0.1, -0.05) is 41.9 Å². The van der Waals surface area contributed by atoms with Crippen molar-refractivity contribution in [2.75, 3.05) is 5.32 Å². The van der Waals surface area contributed by atoms with E-state index in [0.29, 0.717) is 33.3 Å². The molecule has 158 valence electrons. The van der Waals surface area contributed by atoms with Gasteiger partial charge in [0, 0.05) is 10.4 Å². The molecule has 0 spiro atoms. The topological polar surface area (TPSA) is 86.4 Å². The third-order valence-corrected chi connectivity index (χ3v) is 5.09. The number of anilines is 1. The van der Waals surface area contributed by atoms with Gasteiger partial charge in [-0.15, -0.1) is 0 Å². The smallest absolute Gasteiger partial charge is 0.297 e. The lowest BCUT2D eigenvalue weighted by Gasteiger charge is -2.13. The van der Waals surface area contributed by atoms with Gasteiger partial charge in [-0.2, -0.15) is 0 Å². The molecule has 2 heterocycles. The Kier molecular flexibility index (Phi) is 5.09. The molecule has 2 aromatic heterocycles. The van der Waals surface area contributed by atoms with Crippen molar-refractivity contribution in [1.82, 2.24) is 9.55 Å². The molecule has 0 atom stereocenters. The number of fused-ring (bicyclic) bond motifs is 3. The summed E-state index contributed by atoms with van der Waals surface area (Å²) in [6, 6.07) is 21.3. The second kappa shape index (κ2) is 8.20. The van der Waals surface area contributed by atoms with Gasteiger partial charge in [0.2, 0.25) is 11.5 Å². The molecular formula is C24H16ClN3O4. The van der Waals surface area contributed by atoms with E-state index < -0.39 is 11.5 Å². The van der Waals surface area contributed by atoms with Crippen molar-refractivity contribution in [3.8, 4) is 11.5 Å². The number of ether oxygens (including phenoxy) is 1. The Hall–Kier alpha value is -4.10. The quantitative estimate of drug-likeness (QED) is 0.400. The van der Waals surface area contributed by atoms with E-state index in [1.165, 1.54) is 10.9 Å². The highest BCUT2D eigenvalue weighted by molar-refractivity contribution is 6.31. The Labute approximate surface area is 186 Å². The number of furan rings is 1. The highest BCUT2D eigenvalue weighted by atomic mass is 35.5. The highest BCUT2D eigenvalue weighted by Crippen LogP contribution is 2.32. The average Bonchev–Trinajstić information content (AvgIpc) is 3.18. The predicted molar refractivity (Wildman–Crippen MR) is 122 cm³/mol. The molecule has 1 N–H and O–H groups in total. The van der Waals surface area contributed by atoms with Crippen molar-refractivity contribution in [3.63, 3.8) is 0 Å². The standard InChI is InChI=1S/C24H16ClN3O4/c25-15-10-11-20(31-16-6-2-1-3-7-16)18(12-15)27-21(29)13-28-14-26-22-17-8-4-5-9-19(17)32-23(22)24(28)30/h1-12,14H,13H2,(H,27,29). The van der Waals surface area contributed by atoms with Gasteiger partial charge in [-0.25, -0.2) is 4.98 Å². The summed E-state index contributed by atoms with van der Waals surface area (Å²) in [6.45, 7) is -0.254. The van der Waals surface area contributed by atoms with Crippen molar-refractivity contribution in [3.05, 3.63) is 94.5 Å². The molecular weight excluding hydrogens is 430 g/mol. The maximum atomic E-state index is 12.9. The summed E-state index contributed by atoms with van der Waals surface area (Å²) in [4.78, 5) is 29.9. The maximum Gasteiger partial charge on any atom is 0.297 e. The molecule has 0 aliphatic heterocycles. The minimum atomic E-state index is -0.440. The fourth-order valence-electron chi connectivity index (χ4n) is 3.38. The summed E-state index contributed by atoms with van der Waals surface area (Å²) in [5, 5.41) is 3.94. The molecule has 1 amide bonds. The van der Waals surface area contributed by atoms with E-state index >= 15 is 0 Å². The van der Waals surface area contributed by atoms with Gasteiger partial charge in [-0.05, 0) is 42.5 Å². The van der Waals surface area contributed by atoms with Gasteiger partial charge >= 0.3 is 0 Å². The Morgan fingerprint density at radius 1 is 1.06 bits per heavy atom. The molecule has 8 heteroatoms. The van der Waals surface area contributed by atoms with Crippen LogP contribution >= 0.6 is 11.6 Å². The van der Waals surface area contributed by atoms with Gasteiger partial charge in [0.25, 0.3) is 5.56 Å². The molecule has 0 radical (unpaired) electrons. The first-order valence-corrected chi connectivity index (χ1v) is 10.2. The number of benzene rings is 3. The van der Waals surface area contributed by atoms with Crippen LogP contribution in [0.25, 0.3) is 22.1 Å². The van der Waals surface area contributed by atoms with Crippen LogP contribution in [0.4, 0.5) is 5.69 Å². The van der Waals surface area contributed by atoms with Crippen molar-refractivity contribution < 1.29 is 13.9 Å². The average molecular weight is 446 g/mol. The molecule has 0 fully saturated rings. The van der Waals surface area contributed by atoms with E-state index in [-0.39, 0.29) is 12.1 Å². The minimum Gasteiger partial charge on any atom is -0.455 e. The molecule has 0 saturated heterocycles. The Bertz CT molecular complexity index is 1510.